The summed E-state index contributed by atoms with van der Waals surface area (Å²) in [6.45, 7) is 5.24. The van der Waals surface area contributed by atoms with Crippen molar-refractivity contribution in [1.29, 1.82) is 0 Å². The van der Waals surface area contributed by atoms with Gasteiger partial charge in [-0.3, -0.25) is 13.9 Å². The summed E-state index contributed by atoms with van der Waals surface area (Å²) in [5, 5.41) is 2.90. The molecule has 2 rings (SSSR count). The van der Waals surface area contributed by atoms with E-state index in [-0.39, 0.29) is 18.5 Å². The molecule has 0 saturated carbocycles. The van der Waals surface area contributed by atoms with Crippen LogP contribution in [0.15, 0.2) is 57.5 Å². The molecule has 0 aromatic heterocycles. The number of carbonyl (C=O) groups excluding carboxylic acids is 2. The number of anilines is 1. The van der Waals surface area contributed by atoms with Crippen molar-refractivity contribution in [2.24, 2.45) is 0 Å². The Hall–Kier alpha value is -1.91. The van der Waals surface area contributed by atoms with Gasteiger partial charge in [-0.15, -0.1) is 0 Å². The molecule has 0 saturated heterocycles. The van der Waals surface area contributed by atoms with E-state index < -0.39 is 28.5 Å². The minimum atomic E-state index is -3.75. The number of carbonyl (C=O) groups is 2. The normalized spacial score (nSPS) is 13.2. The van der Waals surface area contributed by atoms with E-state index in [1.807, 2.05) is 38.1 Å². The van der Waals surface area contributed by atoms with E-state index in [1.165, 1.54) is 4.90 Å². The van der Waals surface area contributed by atoms with Crippen LogP contribution in [-0.2, 0) is 26.2 Å². The fourth-order valence-corrected chi connectivity index (χ4v) is 4.66. The van der Waals surface area contributed by atoms with E-state index in [0.29, 0.717) is 5.69 Å². The molecular weight excluding hydrogens is 574 g/mol. The van der Waals surface area contributed by atoms with E-state index in [2.05, 4.69) is 37.2 Å². The van der Waals surface area contributed by atoms with E-state index >= 15 is 0 Å². The average molecular weight is 603 g/mol. The summed E-state index contributed by atoms with van der Waals surface area (Å²) in [7, 11) is -3.75. The first-order valence-electron chi connectivity index (χ1n) is 10.5. The summed E-state index contributed by atoms with van der Waals surface area (Å²) >= 11 is 6.76. The number of rotatable bonds is 10. The molecule has 0 spiro atoms. The van der Waals surface area contributed by atoms with Gasteiger partial charge in [-0.05, 0) is 62.2 Å². The Kier molecular flexibility index (Phi) is 9.93. The van der Waals surface area contributed by atoms with Gasteiger partial charge in [0, 0.05) is 21.5 Å². The predicted molar refractivity (Wildman–Crippen MR) is 138 cm³/mol. The van der Waals surface area contributed by atoms with Crippen molar-refractivity contribution in [3.63, 3.8) is 0 Å². The molecule has 0 aliphatic heterocycles. The van der Waals surface area contributed by atoms with Crippen LogP contribution in [0.5, 0.6) is 0 Å². The Balaban J connectivity index is 2.37. The molecule has 2 aromatic rings. The van der Waals surface area contributed by atoms with Gasteiger partial charge in [0.05, 0.1) is 11.9 Å². The second-order valence-electron chi connectivity index (χ2n) is 7.89. The molecule has 1 N–H and O–H groups in total. The van der Waals surface area contributed by atoms with Crippen molar-refractivity contribution in [2.45, 2.75) is 45.8 Å². The van der Waals surface area contributed by atoms with Crippen molar-refractivity contribution >= 4 is 59.4 Å². The van der Waals surface area contributed by atoms with Gasteiger partial charge in [-0.25, -0.2) is 8.42 Å². The molecule has 0 fully saturated rings. The molecule has 0 aliphatic carbocycles. The van der Waals surface area contributed by atoms with Gasteiger partial charge in [0.2, 0.25) is 21.8 Å². The van der Waals surface area contributed by atoms with Gasteiger partial charge >= 0.3 is 0 Å². The van der Waals surface area contributed by atoms with Crippen molar-refractivity contribution in [3.8, 4) is 0 Å². The summed E-state index contributed by atoms with van der Waals surface area (Å²) in [6.07, 6.45) is 1.81. The molecular formula is C23H29Br2N3O4S. The largest absolute Gasteiger partial charge is 0.352 e. The third-order valence-electron chi connectivity index (χ3n) is 5.20. The Morgan fingerprint density at radius 1 is 1.03 bits per heavy atom. The highest BCUT2D eigenvalue weighted by Gasteiger charge is 2.30. The number of amides is 2. The number of benzene rings is 2. The SMILES string of the molecule is CC[C@H](C)NC(=O)[C@H](C)N(Cc1cccc(Br)c1)C(=O)CN(c1ccc(Br)cc1)S(C)(=O)=O. The molecule has 7 nitrogen and oxygen atoms in total. The average Bonchev–Trinajstić information content (AvgIpc) is 2.75. The summed E-state index contributed by atoms with van der Waals surface area (Å²) < 4.78 is 27.7. The van der Waals surface area contributed by atoms with E-state index in [1.54, 1.807) is 31.2 Å². The third-order valence-corrected chi connectivity index (χ3v) is 7.37. The molecule has 0 heterocycles. The lowest BCUT2D eigenvalue weighted by atomic mass is 10.1. The highest BCUT2D eigenvalue weighted by Crippen LogP contribution is 2.22. The number of sulfonamides is 1. The van der Waals surface area contributed by atoms with Crippen LogP contribution >= 0.6 is 31.9 Å². The molecule has 2 atom stereocenters. The number of nitrogens with one attached hydrogen (secondary N) is 1. The smallest absolute Gasteiger partial charge is 0.244 e. The second kappa shape index (κ2) is 12.0. The van der Waals surface area contributed by atoms with Crippen LogP contribution in [0.2, 0.25) is 0 Å². The van der Waals surface area contributed by atoms with Gasteiger partial charge in [-0.2, -0.15) is 0 Å². The quantitative estimate of drug-likeness (QED) is 0.439. The zero-order valence-corrected chi connectivity index (χ0v) is 23.1. The lowest BCUT2D eigenvalue weighted by Gasteiger charge is -2.32. The molecule has 10 heteroatoms. The fourth-order valence-electron chi connectivity index (χ4n) is 3.10. The Morgan fingerprint density at radius 2 is 1.67 bits per heavy atom. The minimum Gasteiger partial charge on any atom is -0.352 e. The van der Waals surface area contributed by atoms with Crippen LogP contribution in [0.3, 0.4) is 0 Å². The van der Waals surface area contributed by atoms with Crippen LogP contribution in [0.4, 0.5) is 5.69 Å². The summed E-state index contributed by atoms with van der Waals surface area (Å²) in [5.41, 5.74) is 1.18. The van der Waals surface area contributed by atoms with Crippen LogP contribution in [0.25, 0.3) is 0 Å². The fraction of sp³-hybridized carbons (Fsp3) is 0.391. The topological polar surface area (TPSA) is 86.8 Å². The number of halogens is 2. The zero-order valence-electron chi connectivity index (χ0n) is 19.1. The lowest BCUT2D eigenvalue weighted by Crippen LogP contribution is -2.52. The maximum absolute atomic E-state index is 13.4. The number of hydrogen-bond acceptors (Lipinski definition) is 4. The lowest BCUT2D eigenvalue weighted by molar-refractivity contribution is -0.139. The first-order valence-corrected chi connectivity index (χ1v) is 13.9. The predicted octanol–water partition coefficient (Wildman–Crippen LogP) is 4.31. The highest BCUT2D eigenvalue weighted by molar-refractivity contribution is 9.10. The van der Waals surface area contributed by atoms with Crippen LogP contribution in [0, 0.1) is 0 Å². The molecule has 0 aliphatic rings. The molecule has 0 unspecified atom stereocenters. The maximum Gasteiger partial charge on any atom is 0.244 e. The van der Waals surface area contributed by atoms with Gasteiger partial charge in [-0.1, -0.05) is 50.9 Å². The monoisotopic (exact) mass is 601 g/mol. The molecule has 0 bridgehead atoms. The highest BCUT2D eigenvalue weighted by atomic mass is 79.9. The molecule has 180 valence electrons. The molecule has 33 heavy (non-hydrogen) atoms. The Bertz CT molecular complexity index is 1080. The van der Waals surface area contributed by atoms with Crippen LogP contribution < -0.4 is 9.62 Å². The first-order chi connectivity index (χ1) is 15.4. The van der Waals surface area contributed by atoms with Gasteiger partial charge in [0.15, 0.2) is 0 Å². The van der Waals surface area contributed by atoms with Gasteiger partial charge in [0.1, 0.15) is 12.6 Å². The minimum absolute atomic E-state index is 0.0435. The van der Waals surface area contributed by atoms with Gasteiger partial charge < -0.3 is 10.2 Å². The van der Waals surface area contributed by atoms with Crippen molar-refractivity contribution in [1.82, 2.24) is 10.2 Å². The molecule has 2 aromatic carbocycles. The van der Waals surface area contributed by atoms with E-state index in [4.69, 9.17) is 0 Å². The van der Waals surface area contributed by atoms with E-state index in [0.717, 1.165) is 31.5 Å². The van der Waals surface area contributed by atoms with Crippen LogP contribution in [0.1, 0.15) is 32.8 Å². The summed E-state index contributed by atoms with van der Waals surface area (Å²) in [5.74, 6) is -0.766. The Morgan fingerprint density at radius 3 is 2.21 bits per heavy atom. The van der Waals surface area contributed by atoms with Crippen LogP contribution in [-0.4, -0.2) is 50.0 Å². The molecule has 0 radical (unpaired) electrons. The second-order valence-corrected chi connectivity index (χ2v) is 11.6. The standard InChI is InChI=1S/C23H29Br2N3O4S/c1-5-16(2)26-23(30)17(3)27(14-18-7-6-8-20(25)13-18)22(29)15-28(33(4,31)32)21-11-9-19(24)10-12-21/h6-13,16-17H,5,14-15H2,1-4H3,(H,26,30)/t16-,17-/m0/s1. The van der Waals surface area contributed by atoms with Crippen molar-refractivity contribution in [3.05, 3.63) is 63.0 Å². The zero-order chi connectivity index (χ0) is 24.8. The third kappa shape index (κ3) is 8.12. The Labute approximate surface area is 212 Å². The number of nitrogens with zero attached hydrogens (tertiary/aromatic N) is 2. The first kappa shape index (κ1) is 27.3. The molecule has 2 amide bonds. The van der Waals surface area contributed by atoms with Crippen molar-refractivity contribution < 1.29 is 18.0 Å². The summed E-state index contributed by atoms with van der Waals surface area (Å²) in [6, 6.07) is 13.3. The number of hydrogen-bond donors (Lipinski definition) is 1. The van der Waals surface area contributed by atoms with Crippen molar-refractivity contribution in [2.75, 3.05) is 17.1 Å². The maximum atomic E-state index is 13.4. The van der Waals surface area contributed by atoms with E-state index in [9.17, 15) is 18.0 Å². The van der Waals surface area contributed by atoms with Gasteiger partial charge in [0.25, 0.3) is 0 Å². The summed E-state index contributed by atoms with van der Waals surface area (Å²) in [4.78, 5) is 27.7.